The van der Waals surface area contributed by atoms with Gasteiger partial charge in [0.25, 0.3) is 0 Å². The molecule has 1 N–H and O–H groups in total. The van der Waals surface area contributed by atoms with Crippen LogP contribution in [0.4, 0.5) is 5.69 Å². The molecular formula is C23H26Cl3N5. The zero-order valence-electron chi connectivity index (χ0n) is 18.2. The van der Waals surface area contributed by atoms with Crippen LogP contribution in [0.25, 0.3) is 6.08 Å². The lowest BCUT2D eigenvalue weighted by Crippen LogP contribution is -2.35. The molecule has 0 amide bonds. The Morgan fingerprint density at radius 1 is 0.968 bits per heavy atom. The third-order valence-electron chi connectivity index (χ3n) is 4.94. The molecule has 0 aliphatic rings. The first-order valence-electron chi connectivity index (χ1n) is 9.93. The quantitative estimate of drug-likeness (QED) is 0.404. The topological polar surface area (TPSA) is 55.6 Å². The van der Waals surface area contributed by atoms with Gasteiger partial charge in [0.1, 0.15) is 0 Å². The van der Waals surface area contributed by atoms with E-state index in [1.54, 1.807) is 6.07 Å². The zero-order valence-corrected chi connectivity index (χ0v) is 20.5. The van der Waals surface area contributed by atoms with Gasteiger partial charge in [-0.15, -0.1) is 5.10 Å². The van der Waals surface area contributed by atoms with Crippen LogP contribution in [0, 0.1) is 5.41 Å². The van der Waals surface area contributed by atoms with E-state index in [4.69, 9.17) is 34.8 Å². The molecule has 0 bridgehead atoms. The summed E-state index contributed by atoms with van der Waals surface area (Å²) >= 11 is 18.7. The minimum absolute atomic E-state index is 0.128. The van der Waals surface area contributed by atoms with E-state index in [1.807, 2.05) is 61.0 Å². The molecule has 3 rings (SSSR count). The van der Waals surface area contributed by atoms with Crippen molar-refractivity contribution in [2.75, 3.05) is 5.32 Å². The van der Waals surface area contributed by atoms with Gasteiger partial charge in [-0.05, 0) is 59.5 Å². The maximum Gasteiger partial charge on any atom is 0.176 e. The molecule has 0 fully saturated rings. The number of nitrogens with one attached hydrogen (secondary N) is 1. The van der Waals surface area contributed by atoms with E-state index in [9.17, 15) is 0 Å². The van der Waals surface area contributed by atoms with Crippen molar-refractivity contribution in [2.45, 2.75) is 46.2 Å². The predicted molar refractivity (Wildman–Crippen MR) is 130 cm³/mol. The molecule has 3 aromatic rings. The van der Waals surface area contributed by atoms with Gasteiger partial charge < -0.3 is 5.32 Å². The van der Waals surface area contributed by atoms with Gasteiger partial charge in [0.15, 0.2) is 5.82 Å². The lowest BCUT2D eigenvalue weighted by molar-refractivity contribution is 0.258. The number of benzene rings is 2. The predicted octanol–water partition coefficient (Wildman–Crippen LogP) is 7.28. The van der Waals surface area contributed by atoms with Crippen molar-refractivity contribution in [3.05, 3.63) is 75.0 Å². The van der Waals surface area contributed by atoms with Crippen molar-refractivity contribution < 1.29 is 0 Å². The van der Waals surface area contributed by atoms with Gasteiger partial charge in [-0.3, -0.25) is 0 Å². The summed E-state index contributed by atoms with van der Waals surface area (Å²) in [5.41, 5.74) is 0.951. The lowest BCUT2D eigenvalue weighted by atomic mass is 9.85. The van der Waals surface area contributed by atoms with Crippen LogP contribution < -0.4 is 5.32 Å². The SMILES string of the molecule is CC(C)(Nc1ccccc1Cl)c1nnnn1[C@@H](/C=C/c1ccc(Cl)cc1Cl)C(C)(C)C. The second-order valence-corrected chi connectivity index (χ2v) is 10.3. The number of allylic oxidation sites excluding steroid dienone is 1. The van der Waals surface area contributed by atoms with Crippen LogP contribution in [0.3, 0.4) is 0 Å². The lowest BCUT2D eigenvalue weighted by Gasteiger charge is -2.33. The van der Waals surface area contributed by atoms with E-state index >= 15 is 0 Å². The molecular weight excluding hydrogens is 453 g/mol. The first-order chi connectivity index (χ1) is 14.5. The fourth-order valence-corrected chi connectivity index (χ4v) is 3.97. The van der Waals surface area contributed by atoms with E-state index in [2.05, 4.69) is 47.7 Å². The van der Waals surface area contributed by atoms with Gasteiger partial charge in [-0.25, -0.2) is 4.68 Å². The molecule has 164 valence electrons. The highest BCUT2D eigenvalue weighted by atomic mass is 35.5. The van der Waals surface area contributed by atoms with E-state index in [1.165, 1.54) is 0 Å². The minimum atomic E-state index is -0.580. The van der Waals surface area contributed by atoms with E-state index in [0.29, 0.717) is 20.9 Å². The Labute approximate surface area is 198 Å². The summed E-state index contributed by atoms with van der Waals surface area (Å²) in [5, 5.41) is 18.0. The Hall–Kier alpha value is -2.08. The first-order valence-corrected chi connectivity index (χ1v) is 11.1. The molecule has 0 saturated carbocycles. The van der Waals surface area contributed by atoms with E-state index in [-0.39, 0.29) is 11.5 Å². The van der Waals surface area contributed by atoms with Crippen LogP contribution >= 0.6 is 34.8 Å². The Kier molecular flexibility index (Phi) is 6.99. The maximum absolute atomic E-state index is 6.36. The van der Waals surface area contributed by atoms with Crippen LogP contribution in [0.2, 0.25) is 15.1 Å². The van der Waals surface area contributed by atoms with Crippen molar-refractivity contribution in [3.63, 3.8) is 0 Å². The van der Waals surface area contributed by atoms with Gasteiger partial charge >= 0.3 is 0 Å². The Morgan fingerprint density at radius 2 is 1.68 bits per heavy atom. The average Bonchev–Trinajstić information content (AvgIpc) is 3.14. The molecule has 0 unspecified atom stereocenters. The number of aromatic nitrogens is 4. The Balaban J connectivity index is 1.98. The van der Waals surface area contributed by atoms with Gasteiger partial charge in [-0.1, -0.05) is 85.9 Å². The summed E-state index contributed by atoms with van der Waals surface area (Å²) in [4.78, 5) is 0. The van der Waals surface area contributed by atoms with Gasteiger partial charge in [-0.2, -0.15) is 0 Å². The Bertz CT molecular complexity index is 1080. The third kappa shape index (κ3) is 5.59. The summed E-state index contributed by atoms with van der Waals surface area (Å²) in [6.45, 7) is 10.5. The van der Waals surface area contributed by atoms with Crippen LogP contribution in [0.5, 0.6) is 0 Å². The van der Waals surface area contributed by atoms with Crippen molar-refractivity contribution in [3.8, 4) is 0 Å². The largest absolute Gasteiger partial charge is 0.372 e. The zero-order chi connectivity index (χ0) is 22.8. The summed E-state index contributed by atoms with van der Waals surface area (Å²) in [6.07, 6.45) is 4.05. The van der Waals surface area contributed by atoms with Crippen LogP contribution in [-0.4, -0.2) is 20.2 Å². The third-order valence-corrected chi connectivity index (χ3v) is 5.84. The van der Waals surface area contributed by atoms with Crippen molar-refractivity contribution in [2.24, 2.45) is 5.41 Å². The molecule has 2 aromatic carbocycles. The highest BCUT2D eigenvalue weighted by molar-refractivity contribution is 6.35. The molecule has 1 heterocycles. The van der Waals surface area contributed by atoms with Gasteiger partial charge in [0, 0.05) is 10.0 Å². The number of para-hydroxylation sites is 1. The maximum atomic E-state index is 6.36. The molecule has 5 nitrogen and oxygen atoms in total. The molecule has 1 atom stereocenters. The van der Waals surface area contributed by atoms with Crippen molar-refractivity contribution in [1.29, 1.82) is 0 Å². The Morgan fingerprint density at radius 3 is 2.32 bits per heavy atom. The van der Waals surface area contributed by atoms with Crippen LogP contribution in [0.1, 0.15) is 52.0 Å². The second kappa shape index (κ2) is 9.19. The highest BCUT2D eigenvalue weighted by Crippen LogP contribution is 2.36. The molecule has 0 radical (unpaired) electrons. The summed E-state index contributed by atoms with van der Waals surface area (Å²) in [6, 6.07) is 12.9. The standard InChI is InChI=1S/C23H26Cl3N5/c1-22(2,3)20(13-11-15-10-12-16(24)14-18(15)26)31-21(28-29-30-31)23(4,5)27-19-9-7-6-8-17(19)25/h6-14,20,27H,1-5H3/b13-11+/t20-/m0/s1. The number of hydrogen-bond acceptors (Lipinski definition) is 4. The fourth-order valence-electron chi connectivity index (χ4n) is 3.32. The monoisotopic (exact) mass is 477 g/mol. The number of halogens is 3. The first kappa shape index (κ1) is 23.6. The number of tetrazole rings is 1. The van der Waals surface area contributed by atoms with Crippen LogP contribution in [-0.2, 0) is 5.54 Å². The minimum Gasteiger partial charge on any atom is -0.372 e. The van der Waals surface area contributed by atoms with E-state index in [0.717, 1.165) is 11.3 Å². The number of anilines is 1. The number of hydrogen-bond donors (Lipinski definition) is 1. The van der Waals surface area contributed by atoms with Crippen molar-refractivity contribution >= 4 is 46.6 Å². The number of nitrogens with zero attached hydrogens (tertiary/aromatic N) is 4. The summed E-state index contributed by atoms with van der Waals surface area (Å²) in [7, 11) is 0. The van der Waals surface area contributed by atoms with Crippen LogP contribution in [0.15, 0.2) is 48.5 Å². The molecule has 0 saturated heterocycles. The second-order valence-electron chi connectivity index (χ2n) is 9.01. The van der Waals surface area contributed by atoms with Crippen molar-refractivity contribution in [1.82, 2.24) is 20.2 Å². The smallest absolute Gasteiger partial charge is 0.176 e. The molecule has 8 heteroatoms. The fraction of sp³-hybridized carbons (Fsp3) is 0.348. The van der Waals surface area contributed by atoms with Gasteiger partial charge in [0.2, 0.25) is 0 Å². The summed E-state index contributed by atoms with van der Waals surface area (Å²) in [5.74, 6) is 0.694. The molecule has 0 aliphatic carbocycles. The summed E-state index contributed by atoms with van der Waals surface area (Å²) < 4.78 is 1.85. The molecule has 0 aliphatic heterocycles. The molecule has 1 aromatic heterocycles. The van der Waals surface area contributed by atoms with E-state index < -0.39 is 5.54 Å². The normalized spacial score (nSPS) is 13.5. The molecule has 31 heavy (non-hydrogen) atoms. The molecule has 0 spiro atoms. The highest BCUT2D eigenvalue weighted by Gasteiger charge is 2.34. The average molecular weight is 479 g/mol. The number of rotatable bonds is 6. The van der Waals surface area contributed by atoms with Gasteiger partial charge in [0.05, 0.1) is 22.3 Å².